The molecule has 1 heterocycles. The maximum Gasteiger partial charge on any atom is 0.115 e. The van der Waals surface area contributed by atoms with Crippen molar-refractivity contribution in [3.8, 4) is 0 Å². The number of benzene rings is 3. The van der Waals surface area contributed by atoms with Crippen molar-refractivity contribution in [2.45, 2.75) is 44.2 Å². The highest BCUT2D eigenvalue weighted by Gasteiger charge is 2.41. The minimum atomic E-state index is -1.15. The van der Waals surface area contributed by atoms with Crippen LogP contribution >= 0.6 is 0 Å². The lowest BCUT2D eigenvalue weighted by Crippen LogP contribution is -2.56. The van der Waals surface area contributed by atoms with Crippen molar-refractivity contribution >= 4 is 0 Å². The molecule has 0 radical (unpaired) electrons. The van der Waals surface area contributed by atoms with Gasteiger partial charge in [0.2, 0.25) is 0 Å². The molecule has 0 aliphatic carbocycles. The Kier molecular flexibility index (Phi) is 7.93. The first-order valence-electron chi connectivity index (χ1n) is 11.5. The molecule has 5 atom stereocenters. The van der Waals surface area contributed by atoms with Crippen LogP contribution in [-0.2, 0) is 38.8 Å². The van der Waals surface area contributed by atoms with Crippen LogP contribution in [0.5, 0.6) is 0 Å². The van der Waals surface area contributed by atoms with E-state index >= 15 is 0 Å². The van der Waals surface area contributed by atoms with E-state index in [4.69, 9.17) is 20.3 Å². The SMILES string of the molecule is [2H][C@H]1O[C@H](COCc2ccccc2)[C@H](OCc2ccccc2)[C@@H](OCc2ccccc2)[C@@H]1O. The number of aliphatic hydroxyl groups excluding tert-OH is 1. The first-order valence-corrected chi connectivity index (χ1v) is 10.9. The second-order valence-electron chi connectivity index (χ2n) is 7.82. The number of hydrogen-bond acceptors (Lipinski definition) is 5. The summed E-state index contributed by atoms with van der Waals surface area (Å²) in [6, 6.07) is 29.4. The van der Waals surface area contributed by atoms with Gasteiger partial charge in [0.05, 0.1) is 34.4 Å². The second-order valence-corrected chi connectivity index (χ2v) is 7.82. The molecule has 1 aliphatic heterocycles. The molecule has 0 aromatic heterocycles. The Labute approximate surface area is 190 Å². The van der Waals surface area contributed by atoms with Crippen LogP contribution in [0.3, 0.4) is 0 Å². The Morgan fingerprint density at radius 3 is 1.72 bits per heavy atom. The largest absolute Gasteiger partial charge is 0.388 e. The maximum atomic E-state index is 10.7. The van der Waals surface area contributed by atoms with Gasteiger partial charge < -0.3 is 24.1 Å². The molecular formula is C27H30O5. The van der Waals surface area contributed by atoms with Gasteiger partial charge >= 0.3 is 0 Å². The van der Waals surface area contributed by atoms with Gasteiger partial charge in [-0.25, -0.2) is 0 Å². The standard InChI is InChI=1S/C27H30O5/c28-24-19-30-25(20-29-16-21-10-4-1-5-11-21)27(32-18-23-14-8-3-9-15-23)26(24)31-17-22-12-6-2-7-13-22/h1-15,24-28H,16-20H2/t24-,25-,26+,27+/m1/s1/i19D/t19-,24-,25-,26+,27+. The summed E-state index contributed by atoms with van der Waals surface area (Å²) in [5.41, 5.74) is 3.04. The molecule has 5 heteroatoms. The molecule has 5 nitrogen and oxygen atoms in total. The third-order valence-corrected chi connectivity index (χ3v) is 5.38. The molecule has 32 heavy (non-hydrogen) atoms. The van der Waals surface area contributed by atoms with E-state index in [0.29, 0.717) is 19.8 Å². The van der Waals surface area contributed by atoms with Crippen LogP contribution in [-0.4, -0.2) is 42.7 Å². The molecule has 168 valence electrons. The third kappa shape index (κ3) is 6.48. The fourth-order valence-electron chi connectivity index (χ4n) is 3.67. The first kappa shape index (κ1) is 21.3. The third-order valence-electron chi connectivity index (χ3n) is 5.38. The van der Waals surface area contributed by atoms with Crippen molar-refractivity contribution in [3.05, 3.63) is 108 Å². The predicted molar refractivity (Wildman–Crippen MR) is 122 cm³/mol. The monoisotopic (exact) mass is 435 g/mol. The van der Waals surface area contributed by atoms with Gasteiger partial charge in [-0.2, -0.15) is 0 Å². The number of hydrogen-bond donors (Lipinski definition) is 1. The molecule has 0 amide bonds. The van der Waals surface area contributed by atoms with Crippen molar-refractivity contribution in [2.24, 2.45) is 0 Å². The number of rotatable bonds is 10. The second kappa shape index (κ2) is 11.9. The first-order chi connectivity index (χ1) is 16.2. The number of aliphatic hydroxyl groups is 1. The fourth-order valence-corrected chi connectivity index (χ4v) is 3.67. The highest BCUT2D eigenvalue weighted by Crippen LogP contribution is 2.24. The van der Waals surface area contributed by atoms with Gasteiger partial charge in [0.1, 0.15) is 24.4 Å². The van der Waals surface area contributed by atoms with Gasteiger partial charge in [0, 0.05) is 0 Å². The van der Waals surface area contributed by atoms with Crippen molar-refractivity contribution in [3.63, 3.8) is 0 Å². The lowest BCUT2D eigenvalue weighted by molar-refractivity contribution is -0.234. The summed E-state index contributed by atoms with van der Waals surface area (Å²) in [5, 5.41) is 10.7. The lowest BCUT2D eigenvalue weighted by atomic mass is 9.99. The van der Waals surface area contributed by atoms with Gasteiger partial charge in [-0.1, -0.05) is 91.0 Å². The van der Waals surface area contributed by atoms with Crippen molar-refractivity contribution in [2.75, 3.05) is 13.2 Å². The quantitative estimate of drug-likeness (QED) is 0.519. The number of ether oxygens (including phenoxy) is 4. The Balaban J connectivity index is 1.46. The molecule has 0 spiro atoms. The average Bonchev–Trinajstić information content (AvgIpc) is 2.86. The van der Waals surface area contributed by atoms with E-state index in [-0.39, 0.29) is 6.61 Å². The van der Waals surface area contributed by atoms with Crippen LogP contribution < -0.4 is 0 Å². The van der Waals surface area contributed by atoms with E-state index in [0.717, 1.165) is 16.7 Å². The Morgan fingerprint density at radius 1 is 0.719 bits per heavy atom. The molecular weight excluding hydrogens is 404 g/mol. The van der Waals surface area contributed by atoms with E-state index in [1.807, 2.05) is 91.0 Å². The smallest absolute Gasteiger partial charge is 0.115 e. The summed E-state index contributed by atoms with van der Waals surface area (Å²) in [4.78, 5) is 0. The van der Waals surface area contributed by atoms with Gasteiger partial charge in [-0.15, -0.1) is 0 Å². The lowest BCUT2D eigenvalue weighted by Gasteiger charge is -2.40. The van der Waals surface area contributed by atoms with E-state index in [1.54, 1.807) is 0 Å². The Morgan fingerprint density at radius 2 is 1.19 bits per heavy atom. The fraction of sp³-hybridized carbons (Fsp3) is 0.333. The van der Waals surface area contributed by atoms with Crippen molar-refractivity contribution < 1.29 is 25.4 Å². The molecule has 0 saturated carbocycles. The molecule has 0 unspecified atom stereocenters. The molecule has 1 N–H and O–H groups in total. The molecule has 3 aromatic rings. The van der Waals surface area contributed by atoms with Crippen molar-refractivity contribution in [1.82, 2.24) is 0 Å². The zero-order valence-electron chi connectivity index (χ0n) is 19.0. The zero-order valence-corrected chi connectivity index (χ0v) is 18.0. The molecule has 4 rings (SSSR count). The maximum absolute atomic E-state index is 10.7. The topological polar surface area (TPSA) is 57.2 Å². The van der Waals surface area contributed by atoms with Crippen LogP contribution in [0.4, 0.5) is 0 Å². The van der Waals surface area contributed by atoms with Crippen LogP contribution in [0.2, 0.25) is 0 Å². The van der Waals surface area contributed by atoms with E-state index in [1.165, 1.54) is 0 Å². The summed E-state index contributed by atoms with van der Waals surface area (Å²) in [6.07, 6.45) is -3.01. The van der Waals surface area contributed by atoms with Gasteiger partial charge in [-0.05, 0) is 16.7 Å². The van der Waals surface area contributed by atoms with Gasteiger partial charge in [0.25, 0.3) is 0 Å². The summed E-state index contributed by atoms with van der Waals surface area (Å²) in [5.74, 6) is 0. The minimum absolute atomic E-state index is 0.224. The van der Waals surface area contributed by atoms with Crippen LogP contribution in [0.15, 0.2) is 91.0 Å². The normalized spacial score (nSPS) is 25.9. The highest BCUT2D eigenvalue weighted by atomic mass is 16.6. The van der Waals surface area contributed by atoms with Crippen LogP contribution in [0, 0.1) is 0 Å². The van der Waals surface area contributed by atoms with E-state index in [9.17, 15) is 5.11 Å². The molecule has 1 aliphatic rings. The van der Waals surface area contributed by atoms with E-state index in [2.05, 4.69) is 0 Å². The van der Waals surface area contributed by atoms with Crippen LogP contribution in [0.25, 0.3) is 0 Å². The van der Waals surface area contributed by atoms with Gasteiger partial charge in [0.15, 0.2) is 0 Å². The minimum Gasteiger partial charge on any atom is -0.388 e. The van der Waals surface area contributed by atoms with Gasteiger partial charge in [-0.3, -0.25) is 0 Å². The molecule has 0 bridgehead atoms. The summed E-state index contributed by atoms with van der Waals surface area (Å²) >= 11 is 0. The summed E-state index contributed by atoms with van der Waals surface area (Å²) < 4.78 is 32.3. The van der Waals surface area contributed by atoms with E-state index < -0.39 is 31.0 Å². The zero-order chi connectivity index (χ0) is 22.9. The molecule has 1 fully saturated rings. The average molecular weight is 436 g/mol. The molecule has 3 aromatic carbocycles. The highest BCUT2D eigenvalue weighted by molar-refractivity contribution is 5.15. The summed E-state index contributed by atoms with van der Waals surface area (Å²) in [6.45, 7) is 0.143. The van der Waals surface area contributed by atoms with Crippen LogP contribution in [0.1, 0.15) is 18.1 Å². The van der Waals surface area contributed by atoms with Crippen molar-refractivity contribution in [1.29, 1.82) is 0 Å². The summed E-state index contributed by atoms with van der Waals surface area (Å²) in [7, 11) is 0. The molecule has 1 saturated heterocycles. The Bertz CT molecular complexity index is 941. The Hall–Kier alpha value is -2.54. The predicted octanol–water partition coefficient (Wildman–Crippen LogP) is 4.13.